The number of anilines is 1. The third-order valence-corrected chi connectivity index (χ3v) is 3.13. The first-order chi connectivity index (χ1) is 6.86. The van der Waals surface area contributed by atoms with Crippen LogP contribution in [0.3, 0.4) is 0 Å². The van der Waals surface area contributed by atoms with E-state index in [1.807, 2.05) is 24.0 Å². The van der Waals surface area contributed by atoms with Crippen LogP contribution in [-0.2, 0) is 7.05 Å². The van der Waals surface area contributed by atoms with Gasteiger partial charge in [0.2, 0.25) is 5.95 Å². The molecule has 1 fully saturated rings. The van der Waals surface area contributed by atoms with Crippen LogP contribution in [0.25, 0.3) is 0 Å². The summed E-state index contributed by atoms with van der Waals surface area (Å²) < 4.78 is 2.02. The molecule has 0 bridgehead atoms. The molecule has 1 aliphatic carbocycles. The second-order valence-electron chi connectivity index (χ2n) is 4.23. The Labute approximate surface area is 85.5 Å². The number of hydrogen-bond donors (Lipinski definition) is 1. The molecule has 1 heterocycles. The predicted molar refractivity (Wildman–Crippen MR) is 58.3 cm³/mol. The van der Waals surface area contributed by atoms with Crippen molar-refractivity contribution in [1.29, 1.82) is 0 Å². The summed E-state index contributed by atoms with van der Waals surface area (Å²) in [5.41, 5.74) is 0. The first kappa shape index (κ1) is 9.56. The average molecular weight is 193 g/mol. The van der Waals surface area contributed by atoms with Crippen molar-refractivity contribution in [1.82, 2.24) is 9.55 Å². The first-order valence-corrected chi connectivity index (χ1v) is 5.57. The Morgan fingerprint density at radius 1 is 1.50 bits per heavy atom. The fourth-order valence-electron chi connectivity index (χ4n) is 2.22. The maximum Gasteiger partial charge on any atom is 0.202 e. The minimum Gasteiger partial charge on any atom is -0.356 e. The SMILES string of the molecule is Cn1ccnc1NCCC1CCCC1. The van der Waals surface area contributed by atoms with Gasteiger partial charge >= 0.3 is 0 Å². The Morgan fingerprint density at radius 3 is 2.93 bits per heavy atom. The van der Waals surface area contributed by atoms with Crippen molar-refractivity contribution in [2.45, 2.75) is 32.1 Å². The number of nitrogens with zero attached hydrogens (tertiary/aromatic N) is 2. The van der Waals surface area contributed by atoms with Crippen molar-refractivity contribution in [3.63, 3.8) is 0 Å². The van der Waals surface area contributed by atoms with Crippen molar-refractivity contribution in [3.05, 3.63) is 12.4 Å². The van der Waals surface area contributed by atoms with E-state index in [0.29, 0.717) is 0 Å². The second kappa shape index (κ2) is 4.49. The fourth-order valence-corrected chi connectivity index (χ4v) is 2.22. The number of aryl methyl sites for hydroxylation is 1. The lowest BCUT2D eigenvalue weighted by Crippen LogP contribution is -2.09. The van der Waals surface area contributed by atoms with Crippen LogP contribution in [0.2, 0.25) is 0 Å². The number of hydrogen-bond acceptors (Lipinski definition) is 2. The maximum atomic E-state index is 4.23. The van der Waals surface area contributed by atoms with Gasteiger partial charge in [-0.1, -0.05) is 25.7 Å². The molecule has 0 aromatic carbocycles. The molecule has 78 valence electrons. The van der Waals surface area contributed by atoms with E-state index in [9.17, 15) is 0 Å². The molecule has 1 N–H and O–H groups in total. The Balaban J connectivity index is 1.70. The standard InChI is InChI=1S/C11H19N3/c1-14-9-8-13-11(14)12-7-6-10-4-2-3-5-10/h8-10H,2-7H2,1H3,(H,12,13). The molecule has 14 heavy (non-hydrogen) atoms. The van der Waals surface area contributed by atoms with Gasteiger partial charge in [-0.3, -0.25) is 0 Å². The Bertz CT molecular complexity index is 274. The van der Waals surface area contributed by atoms with Gasteiger partial charge in [-0.05, 0) is 12.3 Å². The van der Waals surface area contributed by atoms with Gasteiger partial charge in [0.15, 0.2) is 0 Å². The summed E-state index contributed by atoms with van der Waals surface area (Å²) in [7, 11) is 2.02. The zero-order valence-electron chi connectivity index (χ0n) is 8.87. The fraction of sp³-hybridized carbons (Fsp3) is 0.727. The van der Waals surface area contributed by atoms with E-state index >= 15 is 0 Å². The minimum absolute atomic E-state index is 0.961. The molecular formula is C11H19N3. The predicted octanol–water partition coefficient (Wildman–Crippen LogP) is 2.41. The largest absolute Gasteiger partial charge is 0.356 e. The van der Waals surface area contributed by atoms with Gasteiger partial charge in [-0.2, -0.15) is 0 Å². The second-order valence-corrected chi connectivity index (χ2v) is 4.23. The summed E-state index contributed by atoms with van der Waals surface area (Å²) in [4.78, 5) is 4.23. The van der Waals surface area contributed by atoms with Crippen LogP contribution in [0.1, 0.15) is 32.1 Å². The van der Waals surface area contributed by atoms with Crippen LogP contribution in [0.15, 0.2) is 12.4 Å². The number of imidazole rings is 1. The topological polar surface area (TPSA) is 29.9 Å². The van der Waals surface area contributed by atoms with Crippen molar-refractivity contribution >= 4 is 5.95 Å². The molecule has 0 unspecified atom stereocenters. The zero-order valence-corrected chi connectivity index (χ0v) is 8.87. The average Bonchev–Trinajstić information content (AvgIpc) is 2.78. The van der Waals surface area contributed by atoms with Gasteiger partial charge in [0.05, 0.1) is 0 Å². The quantitative estimate of drug-likeness (QED) is 0.795. The van der Waals surface area contributed by atoms with Crippen molar-refractivity contribution in [2.24, 2.45) is 13.0 Å². The van der Waals surface area contributed by atoms with E-state index in [1.54, 1.807) is 0 Å². The molecule has 0 spiro atoms. The van der Waals surface area contributed by atoms with Gasteiger partial charge in [-0.25, -0.2) is 4.98 Å². The molecule has 1 aromatic rings. The normalized spacial score (nSPS) is 17.5. The smallest absolute Gasteiger partial charge is 0.202 e. The van der Waals surface area contributed by atoms with Crippen molar-refractivity contribution in [2.75, 3.05) is 11.9 Å². The third kappa shape index (κ3) is 2.28. The third-order valence-electron chi connectivity index (χ3n) is 3.13. The lowest BCUT2D eigenvalue weighted by Gasteiger charge is -2.10. The van der Waals surface area contributed by atoms with Crippen LogP contribution in [0, 0.1) is 5.92 Å². The minimum atomic E-state index is 0.961. The highest BCUT2D eigenvalue weighted by molar-refractivity contribution is 5.24. The van der Waals surface area contributed by atoms with E-state index in [-0.39, 0.29) is 0 Å². The molecule has 1 saturated carbocycles. The summed E-state index contributed by atoms with van der Waals surface area (Å²) in [5, 5.41) is 3.37. The number of aromatic nitrogens is 2. The van der Waals surface area contributed by atoms with E-state index < -0.39 is 0 Å². The maximum absolute atomic E-state index is 4.23. The van der Waals surface area contributed by atoms with E-state index in [4.69, 9.17) is 0 Å². The molecule has 0 atom stereocenters. The van der Waals surface area contributed by atoms with Gasteiger partial charge < -0.3 is 9.88 Å². The van der Waals surface area contributed by atoms with Crippen LogP contribution >= 0.6 is 0 Å². The van der Waals surface area contributed by atoms with Crippen LogP contribution in [0.5, 0.6) is 0 Å². The van der Waals surface area contributed by atoms with E-state index in [1.165, 1.54) is 32.1 Å². The lowest BCUT2D eigenvalue weighted by molar-refractivity contribution is 0.517. The monoisotopic (exact) mass is 193 g/mol. The lowest BCUT2D eigenvalue weighted by atomic mass is 10.0. The molecule has 2 rings (SSSR count). The molecule has 0 saturated heterocycles. The summed E-state index contributed by atoms with van der Waals surface area (Å²) in [6, 6.07) is 0. The molecule has 3 heteroatoms. The van der Waals surface area contributed by atoms with Crippen LogP contribution in [-0.4, -0.2) is 16.1 Å². The van der Waals surface area contributed by atoms with Crippen LogP contribution in [0.4, 0.5) is 5.95 Å². The van der Waals surface area contributed by atoms with Gasteiger partial charge in [0, 0.05) is 26.0 Å². The summed E-state index contributed by atoms with van der Waals surface area (Å²) >= 11 is 0. The van der Waals surface area contributed by atoms with E-state index in [2.05, 4.69) is 10.3 Å². The van der Waals surface area contributed by atoms with E-state index in [0.717, 1.165) is 18.4 Å². The number of nitrogens with one attached hydrogen (secondary N) is 1. The highest BCUT2D eigenvalue weighted by Crippen LogP contribution is 2.27. The zero-order chi connectivity index (χ0) is 9.80. The van der Waals surface area contributed by atoms with Gasteiger partial charge in [0.1, 0.15) is 0 Å². The van der Waals surface area contributed by atoms with Gasteiger partial charge in [0.25, 0.3) is 0 Å². The Kier molecular flexibility index (Phi) is 3.07. The molecule has 3 nitrogen and oxygen atoms in total. The Morgan fingerprint density at radius 2 is 2.29 bits per heavy atom. The molecular weight excluding hydrogens is 174 g/mol. The first-order valence-electron chi connectivity index (χ1n) is 5.57. The van der Waals surface area contributed by atoms with Crippen molar-refractivity contribution in [3.8, 4) is 0 Å². The molecule has 0 radical (unpaired) electrons. The van der Waals surface area contributed by atoms with Gasteiger partial charge in [-0.15, -0.1) is 0 Å². The highest BCUT2D eigenvalue weighted by Gasteiger charge is 2.14. The van der Waals surface area contributed by atoms with Crippen LogP contribution < -0.4 is 5.32 Å². The number of rotatable bonds is 4. The summed E-state index contributed by atoms with van der Waals surface area (Å²) in [5.74, 6) is 1.95. The summed E-state index contributed by atoms with van der Waals surface area (Å²) in [6.07, 6.45) is 10.8. The molecule has 0 amide bonds. The summed E-state index contributed by atoms with van der Waals surface area (Å²) in [6.45, 7) is 1.06. The highest BCUT2D eigenvalue weighted by atomic mass is 15.2. The Hall–Kier alpha value is -0.990. The molecule has 1 aliphatic rings. The molecule has 1 aromatic heterocycles. The molecule has 0 aliphatic heterocycles. The van der Waals surface area contributed by atoms with Crippen molar-refractivity contribution < 1.29 is 0 Å².